The molecule has 7 heteroatoms. The van der Waals surface area contributed by atoms with Crippen molar-refractivity contribution in [3.63, 3.8) is 0 Å². The number of hydrogen-bond acceptors (Lipinski definition) is 4. The predicted octanol–water partition coefficient (Wildman–Crippen LogP) is 4.44. The molecule has 1 aliphatic heterocycles. The first-order chi connectivity index (χ1) is 22.0. The molecule has 1 amide bonds. The molecular weight excluding hydrogens is 557 g/mol. The maximum absolute atomic E-state index is 14.5. The zero-order valence-electron chi connectivity index (χ0n) is 25.4. The number of fused-ring (bicyclic) bond motifs is 6. The van der Waals surface area contributed by atoms with Crippen LogP contribution in [0.4, 0.5) is 0 Å². The maximum atomic E-state index is 14.5. The van der Waals surface area contributed by atoms with E-state index in [4.69, 9.17) is 4.74 Å². The number of amides is 1. The Morgan fingerprint density at radius 1 is 0.822 bits per heavy atom. The van der Waals surface area contributed by atoms with E-state index >= 15 is 0 Å². The predicted molar refractivity (Wildman–Crippen MR) is 179 cm³/mol. The van der Waals surface area contributed by atoms with E-state index in [9.17, 15) is 9.59 Å². The van der Waals surface area contributed by atoms with Crippen LogP contribution in [0.5, 0.6) is 5.75 Å². The van der Waals surface area contributed by atoms with E-state index in [1.54, 1.807) is 6.20 Å². The molecule has 8 rings (SSSR count). The molecule has 0 saturated heterocycles. The summed E-state index contributed by atoms with van der Waals surface area (Å²) < 4.78 is 8.16. The molecule has 45 heavy (non-hydrogen) atoms. The van der Waals surface area contributed by atoms with Crippen molar-refractivity contribution in [3.8, 4) is 5.75 Å². The van der Waals surface area contributed by atoms with Crippen molar-refractivity contribution in [1.82, 2.24) is 9.58 Å². The Bertz CT molecular complexity index is 2070. The second-order valence-corrected chi connectivity index (χ2v) is 12.2. The Labute approximate surface area is 263 Å². The normalized spacial score (nSPS) is 17.8. The molecule has 1 aromatic heterocycles. The largest absolute Gasteiger partial charge is 0.482 e. The fourth-order valence-corrected chi connectivity index (χ4v) is 7.38. The van der Waals surface area contributed by atoms with Crippen LogP contribution in [-0.2, 0) is 25.1 Å². The van der Waals surface area contributed by atoms with Crippen molar-refractivity contribution in [2.45, 2.75) is 32.0 Å². The third-order valence-corrected chi connectivity index (χ3v) is 9.67. The number of rotatable bonds is 6. The molecule has 0 bridgehead atoms. The summed E-state index contributed by atoms with van der Waals surface area (Å²) in [7, 11) is 2.19. The lowest BCUT2D eigenvalue weighted by molar-refractivity contribution is 0.0649. The van der Waals surface area contributed by atoms with Crippen molar-refractivity contribution < 1.29 is 9.53 Å². The van der Waals surface area contributed by atoms with Gasteiger partial charge in [0.1, 0.15) is 26.7 Å². The lowest BCUT2D eigenvalue weighted by Gasteiger charge is -2.50. The number of ether oxygens (including phenoxy) is 1. The molecule has 0 spiro atoms. The Morgan fingerprint density at radius 3 is 2.31 bits per heavy atom. The van der Waals surface area contributed by atoms with Crippen LogP contribution in [0.15, 0.2) is 120 Å². The third-order valence-electron chi connectivity index (χ3n) is 9.67. The van der Waals surface area contributed by atoms with E-state index in [-0.39, 0.29) is 29.4 Å². The second kappa shape index (κ2) is 10.4. The van der Waals surface area contributed by atoms with E-state index in [1.165, 1.54) is 44.9 Å². The number of carbonyl (C=O) groups excluding carboxylic acids is 1. The molecule has 3 aliphatic rings. The van der Waals surface area contributed by atoms with Crippen LogP contribution in [-0.4, -0.2) is 30.0 Å². The number of aromatic nitrogens is 1. The van der Waals surface area contributed by atoms with E-state index < -0.39 is 5.54 Å². The van der Waals surface area contributed by atoms with Gasteiger partial charge in [-0.1, -0.05) is 114 Å². The molecule has 2 aliphatic carbocycles. The number of aryl methyl sites for hydroxylation is 1. The van der Waals surface area contributed by atoms with Gasteiger partial charge < -0.3 is 9.64 Å². The standard InChI is InChI=1S/C38H32BN3O3/c1-25-16-17-32-30(34(25)39)21-29-20-28-14-8-9-15-31(28)38(29,32)42-24-40(22-26-10-4-2-5-11-26)37(44)35-36(33(43)18-19-41(35)42)45-23-27-12-6-3-7-13-27/h2-19,21H,20,22-24,39H2,1H3. The zero-order valence-corrected chi connectivity index (χ0v) is 25.4. The highest BCUT2D eigenvalue weighted by Crippen LogP contribution is 2.55. The summed E-state index contributed by atoms with van der Waals surface area (Å²) in [6, 6.07) is 34.3. The van der Waals surface area contributed by atoms with Gasteiger partial charge in [-0.05, 0) is 52.3 Å². The molecule has 4 aromatic carbocycles. The number of pyridine rings is 1. The molecule has 0 N–H and O–H groups in total. The van der Waals surface area contributed by atoms with Crippen molar-refractivity contribution >= 4 is 25.3 Å². The van der Waals surface area contributed by atoms with Gasteiger partial charge in [-0.3, -0.25) is 19.3 Å². The van der Waals surface area contributed by atoms with Gasteiger partial charge in [0, 0.05) is 18.8 Å². The molecular formula is C38H32BN3O3. The monoisotopic (exact) mass is 589 g/mol. The lowest BCUT2D eigenvalue weighted by atomic mass is 9.78. The van der Waals surface area contributed by atoms with E-state index in [0.717, 1.165) is 17.5 Å². The zero-order chi connectivity index (χ0) is 30.7. The fourth-order valence-electron chi connectivity index (χ4n) is 7.38. The van der Waals surface area contributed by atoms with Gasteiger partial charge in [0.2, 0.25) is 5.43 Å². The van der Waals surface area contributed by atoms with Crippen LogP contribution >= 0.6 is 0 Å². The van der Waals surface area contributed by atoms with Crippen LogP contribution < -0.4 is 20.6 Å². The van der Waals surface area contributed by atoms with E-state index in [1.807, 2.05) is 70.2 Å². The van der Waals surface area contributed by atoms with Crippen LogP contribution in [0, 0.1) is 6.92 Å². The minimum absolute atomic E-state index is 0.0700. The number of benzene rings is 4. The van der Waals surface area contributed by atoms with E-state index in [2.05, 4.69) is 62.3 Å². The van der Waals surface area contributed by atoms with E-state index in [0.29, 0.717) is 13.2 Å². The SMILES string of the molecule is Bc1c(C)ccc2c1C=C1Cc3ccccc3C12N1CN(Cc2ccccc2)C(=O)c2c(OCc3ccccc3)c(=O)ccn21. The summed E-state index contributed by atoms with van der Waals surface area (Å²) in [6.45, 7) is 3.05. The molecule has 6 nitrogen and oxygen atoms in total. The van der Waals surface area contributed by atoms with Crippen molar-refractivity contribution in [2.75, 3.05) is 11.7 Å². The molecule has 0 saturated carbocycles. The smallest absolute Gasteiger partial charge is 0.278 e. The van der Waals surface area contributed by atoms with Crippen LogP contribution in [0.3, 0.4) is 0 Å². The summed E-state index contributed by atoms with van der Waals surface area (Å²) in [5.74, 6) is -0.164. The van der Waals surface area contributed by atoms with Crippen LogP contribution in [0.25, 0.3) is 6.08 Å². The Hall–Kier alpha value is -5.30. The van der Waals surface area contributed by atoms with Gasteiger partial charge in [0.25, 0.3) is 5.91 Å². The number of nitrogens with zero attached hydrogens (tertiary/aromatic N) is 3. The molecule has 1 atom stereocenters. The van der Waals surface area contributed by atoms with Gasteiger partial charge >= 0.3 is 0 Å². The molecule has 2 heterocycles. The van der Waals surface area contributed by atoms with Gasteiger partial charge in [-0.15, -0.1) is 0 Å². The quantitative estimate of drug-likeness (QED) is 0.275. The molecule has 0 fully saturated rings. The van der Waals surface area contributed by atoms with Crippen LogP contribution in [0.1, 0.15) is 49.4 Å². The number of hydrogen-bond donors (Lipinski definition) is 0. The minimum atomic E-state index is -0.666. The Balaban J connectivity index is 1.36. The van der Waals surface area contributed by atoms with Gasteiger partial charge in [0.05, 0.1) is 0 Å². The summed E-state index contributed by atoms with van der Waals surface area (Å²) in [4.78, 5) is 29.8. The first-order valence-corrected chi connectivity index (χ1v) is 15.4. The highest BCUT2D eigenvalue weighted by molar-refractivity contribution is 6.35. The average Bonchev–Trinajstić information content (AvgIpc) is 3.56. The second-order valence-electron chi connectivity index (χ2n) is 12.2. The molecule has 5 aromatic rings. The first-order valence-electron chi connectivity index (χ1n) is 15.4. The summed E-state index contributed by atoms with van der Waals surface area (Å²) in [5, 5.41) is 2.28. The Morgan fingerprint density at radius 2 is 1.53 bits per heavy atom. The average molecular weight is 590 g/mol. The fraction of sp³-hybridized carbons (Fsp3) is 0.158. The van der Waals surface area contributed by atoms with Gasteiger partial charge in [0.15, 0.2) is 11.4 Å². The highest BCUT2D eigenvalue weighted by Gasteiger charge is 2.55. The summed E-state index contributed by atoms with van der Waals surface area (Å²) in [6.07, 6.45) is 4.90. The minimum Gasteiger partial charge on any atom is -0.482 e. The Kier molecular flexibility index (Phi) is 6.31. The molecule has 1 unspecified atom stereocenters. The van der Waals surface area contributed by atoms with Gasteiger partial charge in [-0.2, -0.15) is 0 Å². The summed E-state index contributed by atoms with van der Waals surface area (Å²) >= 11 is 0. The summed E-state index contributed by atoms with van der Waals surface area (Å²) in [5.41, 5.74) is 9.85. The topological polar surface area (TPSA) is 54.8 Å². The van der Waals surface area contributed by atoms with Crippen molar-refractivity contribution in [2.24, 2.45) is 0 Å². The van der Waals surface area contributed by atoms with Crippen molar-refractivity contribution in [3.05, 3.63) is 170 Å². The first kappa shape index (κ1) is 27.3. The van der Waals surface area contributed by atoms with Crippen molar-refractivity contribution in [1.29, 1.82) is 0 Å². The highest BCUT2D eigenvalue weighted by atomic mass is 16.5. The molecule has 220 valence electrons. The van der Waals surface area contributed by atoms with Crippen LogP contribution in [0.2, 0.25) is 0 Å². The molecule has 0 radical (unpaired) electrons. The lowest BCUT2D eigenvalue weighted by Crippen LogP contribution is -2.62. The van der Waals surface area contributed by atoms with Gasteiger partial charge in [-0.25, -0.2) is 0 Å². The maximum Gasteiger partial charge on any atom is 0.278 e. The number of carbonyl (C=O) groups is 1. The third kappa shape index (κ3) is 4.11.